The van der Waals surface area contributed by atoms with Gasteiger partial charge in [0.1, 0.15) is 0 Å². The minimum Gasteiger partial charge on any atom is -0.324 e. The molecule has 0 saturated heterocycles. The number of rotatable bonds is 5. The highest BCUT2D eigenvalue weighted by molar-refractivity contribution is 7.99. The molecule has 1 rings (SSSR count). The van der Waals surface area contributed by atoms with Gasteiger partial charge >= 0.3 is 0 Å². The lowest BCUT2D eigenvalue weighted by Crippen LogP contribution is -2.09. The van der Waals surface area contributed by atoms with Crippen molar-refractivity contribution in [1.82, 2.24) is 0 Å². The zero-order valence-electron chi connectivity index (χ0n) is 8.99. The zero-order valence-corrected chi connectivity index (χ0v) is 9.81. The number of benzene rings is 1. The SMILES string of the molecule is CCC[C@H](N)c1ccc(SCC)cc1. The summed E-state index contributed by atoms with van der Waals surface area (Å²) >= 11 is 1.87. The Morgan fingerprint density at radius 2 is 1.86 bits per heavy atom. The van der Waals surface area contributed by atoms with Gasteiger partial charge in [0.25, 0.3) is 0 Å². The van der Waals surface area contributed by atoms with E-state index < -0.39 is 0 Å². The summed E-state index contributed by atoms with van der Waals surface area (Å²) in [6.07, 6.45) is 2.22. The Balaban J connectivity index is 2.62. The van der Waals surface area contributed by atoms with Gasteiger partial charge < -0.3 is 5.73 Å². The molecule has 0 aromatic heterocycles. The number of thioether (sulfide) groups is 1. The monoisotopic (exact) mass is 209 g/mol. The van der Waals surface area contributed by atoms with E-state index in [1.165, 1.54) is 10.5 Å². The van der Waals surface area contributed by atoms with E-state index in [1.807, 2.05) is 11.8 Å². The van der Waals surface area contributed by atoms with E-state index in [2.05, 4.69) is 38.1 Å². The second kappa shape index (κ2) is 6.10. The molecule has 0 aliphatic carbocycles. The molecule has 0 bridgehead atoms. The highest BCUT2D eigenvalue weighted by Crippen LogP contribution is 2.21. The molecule has 0 radical (unpaired) electrons. The van der Waals surface area contributed by atoms with Crippen LogP contribution in [0.4, 0.5) is 0 Å². The van der Waals surface area contributed by atoms with Crippen molar-refractivity contribution in [2.45, 2.75) is 37.6 Å². The summed E-state index contributed by atoms with van der Waals surface area (Å²) in [4.78, 5) is 1.33. The maximum absolute atomic E-state index is 6.02. The Morgan fingerprint density at radius 1 is 1.21 bits per heavy atom. The van der Waals surface area contributed by atoms with E-state index in [-0.39, 0.29) is 6.04 Å². The molecule has 14 heavy (non-hydrogen) atoms. The van der Waals surface area contributed by atoms with Crippen LogP contribution in [-0.4, -0.2) is 5.75 Å². The van der Waals surface area contributed by atoms with E-state index in [1.54, 1.807) is 0 Å². The number of hydrogen-bond acceptors (Lipinski definition) is 2. The van der Waals surface area contributed by atoms with Gasteiger partial charge in [0.2, 0.25) is 0 Å². The maximum atomic E-state index is 6.02. The Hall–Kier alpha value is -0.470. The standard InChI is InChI=1S/C12H19NS/c1-3-5-12(13)10-6-8-11(9-7-10)14-4-2/h6-9,12H,3-5,13H2,1-2H3/t12-/m0/s1. The largest absolute Gasteiger partial charge is 0.324 e. The summed E-state index contributed by atoms with van der Waals surface area (Å²) in [5.74, 6) is 1.13. The highest BCUT2D eigenvalue weighted by atomic mass is 32.2. The van der Waals surface area contributed by atoms with Crippen LogP contribution in [-0.2, 0) is 0 Å². The Kier molecular flexibility index (Phi) is 5.05. The summed E-state index contributed by atoms with van der Waals surface area (Å²) in [5.41, 5.74) is 7.28. The summed E-state index contributed by atoms with van der Waals surface area (Å²) in [6.45, 7) is 4.34. The lowest BCUT2D eigenvalue weighted by molar-refractivity contribution is 0.638. The van der Waals surface area contributed by atoms with Crippen LogP contribution in [0.25, 0.3) is 0 Å². The third-order valence-corrected chi connectivity index (χ3v) is 3.11. The molecule has 1 atom stereocenters. The zero-order chi connectivity index (χ0) is 10.4. The van der Waals surface area contributed by atoms with Gasteiger partial charge in [-0.2, -0.15) is 0 Å². The predicted octanol–water partition coefficient (Wildman–Crippen LogP) is 3.60. The van der Waals surface area contributed by atoms with Gasteiger partial charge in [-0.05, 0) is 29.9 Å². The molecule has 2 heteroatoms. The highest BCUT2D eigenvalue weighted by Gasteiger charge is 2.03. The quantitative estimate of drug-likeness (QED) is 0.750. The van der Waals surface area contributed by atoms with Crippen LogP contribution in [0.15, 0.2) is 29.2 Å². The normalized spacial score (nSPS) is 12.8. The van der Waals surface area contributed by atoms with Crippen molar-refractivity contribution in [3.8, 4) is 0 Å². The molecule has 0 unspecified atom stereocenters. The van der Waals surface area contributed by atoms with E-state index >= 15 is 0 Å². The van der Waals surface area contributed by atoms with Crippen molar-refractivity contribution < 1.29 is 0 Å². The van der Waals surface area contributed by atoms with Crippen molar-refractivity contribution in [3.05, 3.63) is 29.8 Å². The summed E-state index contributed by atoms with van der Waals surface area (Å²) in [7, 11) is 0. The molecule has 0 saturated carbocycles. The minimum atomic E-state index is 0.209. The number of nitrogens with two attached hydrogens (primary N) is 1. The lowest BCUT2D eigenvalue weighted by Gasteiger charge is -2.10. The van der Waals surface area contributed by atoms with E-state index in [4.69, 9.17) is 5.73 Å². The van der Waals surface area contributed by atoms with Crippen LogP contribution >= 0.6 is 11.8 Å². The lowest BCUT2D eigenvalue weighted by atomic mass is 10.0. The summed E-state index contributed by atoms with van der Waals surface area (Å²) in [5, 5.41) is 0. The van der Waals surface area contributed by atoms with Crippen LogP contribution < -0.4 is 5.73 Å². The van der Waals surface area contributed by atoms with Gasteiger partial charge in [0.05, 0.1) is 0 Å². The Bertz CT molecular complexity index is 256. The molecule has 78 valence electrons. The van der Waals surface area contributed by atoms with Gasteiger partial charge in [-0.3, -0.25) is 0 Å². The van der Waals surface area contributed by atoms with Gasteiger partial charge in [0, 0.05) is 10.9 Å². The first-order valence-corrected chi connectivity index (χ1v) is 6.24. The fourth-order valence-corrected chi connectivity index (χ4v) is 2.12. The van der Waals surface area contributed by atoms with E-state index in [9.17, 15) is 0 Å². The van der Waals surface area contributed by atoms with Gasteiger partial charge in [0.15, 0.2) is 0 Å². The summed E-state index contributed by atoms with van der Waals surface area (Å²) in [6, 6.07) is 8.84. The Labute approximate surface area is 91.1 Å². The van der Waals surface area contributed by atoms with Crippen LogP contribution in [0.1, 0.15) is 38.3 Å². The third-order valence-electron chi connectivity index (χ3n) is 2.22. The molecule has 0 aliphatic rings. The molecular weight excluding hydrogens is 190 g/mol. The molecule has 0 heterocycles. The van der Waals surface area contributed by atoms with Crippen molar-refractivity contribution >= 4 is 11.8 Å². The van der Waals surface area contributed by atoms with Crippen molar-refractivity contribution in [1.29, 1.82) is 0 Å². The number of hydrogen-bond donors (Lipinski definition) is 1. The topological polar surface area (TPSA) is 26.0 Å². The first kappa shape index (κ1) is 11.6. The molecule has 0 fully saturated rings. The van der Waals surface area contributed by atoms with Crippen molar-refractivity contribution in [2.75, 3.05) is 5.75 Å². The molecule has 0 aliphatic heterocycles. The fraction of sp³-hybridized carbons (Fsp3) is 0.500. The Morgan fingerprint density at radius 3 is 2.36 bits per heavy atom. The van der Waals surface area contributed by atoms with Gasteiger partial charge in [-0.15, -0.1) is 11.8 Å². The third kappa shape index (κ3) is 3.35. The second-order valence-electron chi connectivity index (χ2n) is 3.40. The van der Waals surface area contributed by atoms with E-state index in [0.717, 1.165) is 18.6 Å². The first-order valence-electron chi connectivity index (χ1n) is 5.26. The van der Waals surface area contributed by atoms with Gasteiger partial charge in [-0.25, -0.2) is 0 Å². The van der Waals surface area contributed by atoms with Crippen LogP contribution in [0.5, 0.6) is 0 Å². The summed E-state index contributed by atoms with van der Waals surface area (Å²) < 4.78 is 0. The molecule has 1 aromatic rings. The van der Waals surface area contributed by atoms with Gasteiger partial charge in [-0.1, -0.05) is 32.4 Å². The minimum absolute atomic E-state index is 0.209. The van der Waals surface area contributed by atoms with Crippen LogP contribution in [0.3, 0.4) is 0 Å². The second-order valence-corrected chi connectivity index (χ2v) is 4.73. The average molecular weight is 209 g/mol. The van der Waals surface area contributed by atoms with Crippen LogP contribution in [0.2, 0.25) is 0 Å². The molecule has 1 aromatic carbocycles. The average Bonchev–Trinajstić information content (AvgIpc) is 2.20. The van der Waals surface area contributed by atoms with Crippen molar-refractivity contribution in [3.63, 3.8) is 0 Å². The molecule has 0 amide bonds. The molecule has 1 nitrogen and oxygen atoms in total. The smallest absolute Gasteiger partial charge is 0.0294 e. The maximum Gasteiger partial charge on any atom is 0.0294 e. The molecule has 0 spiro atoms. The van der Waals surface area contributed by atoms with Crippen LogP contribution in [0, 0.1) is 0 Å². The predicted molar refractivity (Wildman–Crippen MR) is 64.7 cm³/mol. The molecular formula is C12H19NS. The van der Waals surface area contributed by atoms with E-state index in [0.29, 0.717) is 0 Å². The fourth-order valence-electron chi connectivity index (χ4n) is 1.46. The molecule has 2 N–H and O–H groups in total. The first-order chi connectivity index (χ1) is 6.77. The van der Waals surface area contributed by atoms with Crippen molar-refractivity contribution in [2.24, 2.45) is 5.73 Å².